The number of esters is 1. The number of thiophene rings is 1. The van der Waals surface area contributed by atoms with Gasteiger partial charge < -0.3 is 24.3 Å². The molecule has 0 aliphatic heterocycles. The third-order valence-electron chi connectivity index (χ3n) is 3.79. The lowest BCUT2D eigenvalue weighted by atomic mass is 10.1. The molecule has 0 radical (unpaired) electrons. The van der Waals surface area contributed by atoms with E-state index in [0.29, 0.717) is 22.8 Å². The molecule has 1 aromatic carbocycles. The SMILES string of the molecule is COc1cc(/C=C/C(=O)OCC(=O)N[C@@H](C)c2cccs2)cc(OC)c1OC. The normalized spacial score (nSPS) is 11.7. The van der Waals surface area contributed by atoms with Gasteiger partial charge in [-0.2, -0.15) is 0 Å². The van der Waals surface area contributed by atoms with Crippen molar-refractivity contribution in [3.63, 3.8) is 0 Å². The van der Waals surface area contributed by atoms with Crippen molar-refractivity contribution in [2.45, 2.75) is 13.0 Å². The fourth-order valence-electron chi connectivity index (χ4n) is 2.44. The highest BCUT2D eigenvalue weighted by atomic mass is 32.1. The van der Waals surface area contributed by atoms with Crippen molar-refractivity contribution < 1.29 is 28.5 Å². The Hall–Kier alpha value is -3.00. The van der Waals surface area contributed by atoms with Gasteiger partial charge in [-0.15, -0.1) is 11.3 Å². The molecule has 1 atom stereocenters. The Morgan fingerprint density at radius 3 is 2.36 bits per heavy atom. The maximum Gasteiger partial charge on any atom is 0.331 e. The number of hydrogen-bond acceptors (Lipinski definition) is 7. The fraction of sp³-hybridized carbons (Fsp3) is 0.300. The number of nitrogens with one attached hydrogen (secondary N) is 1. The molecule has 1 amide bonds. The number of methoxy groups -OCH3 is 3. The van der Waals surface area contributed by atoms with Gasteiger partial charge in [0.2, 0.25) is 5.75 Å². The van der Waals surface area contributed by atoms with Crippen molar-refractivity contribution in [2.75, 3.05) is 27.9 Å². The summed E-state index contributed by atoms with van der Waals surface area (Å²) in [7, 11) is 4.53. The van der Waals surface area contributed by atoms with Crippen LogP contribution in [0.3, 0.4) is 0 Å². The average molecular weight is 405 g/mol. The van der Waals surface area contributed by atoms with E-state index in [4.69, 9.17) is 18.9 Å². The van der Waals surface area contributed by atoms with E-state index in [1.165, 1.54) is 27.4 Å². The first-order valence-corrected chi connectivity index (χ1v) is 9.34. The summed E-state index contributed by atoms with van der Waals surface area (Å²) < 4.78 is 20.8. The molecule has 1 heterocycles. The predicted octanol–water partition coefficient (Wildman–Crippen LogP) is 3.21. The molecule has 0 unspecified atom stereocenters. The van der Waals surface area contributed by atoms with Gasteiger partial charge in [0.15, 0.2) is 18.1 Å². The molecule has 0 aliphatic carbocycles. The zero-order chi connectivity index (χ0) is 20.5. The van der Waals surface area contributed by atoms with Gasteiger partial charge in [0.1, 0.15) is 0 Å². The van der Waals surface area contributed by atoms with Crippen LogP contribution in [0.15, 0.2) is 35.7 Å². The molecule has 8 heteroatoms. The molecule has 0 saturated carbocycles. The summed E-state index contributed by atoms with van der Waals surface area (Å²) in [5.41, 5.74) is 0.655. The maximum absolute atomic E-state index is 11.9. The van der Waals surface area contributed by atoms with Crippen molar-refractivity contribution >= 4 is 29.3 Å². The van der Waals surface area contributed by atoms with Crippen LogP contribution < -0.4 is 19.5 Å². The van der Waals surface area contributed by atoms with Gasteiger partial charge >= 0.3 is 5.97 Å². The Bertz CT molecular complexity index is 806. The Balaban J connectivity index is 1.92. The van der Waals surface area contributed by atoms with Crippen LogP contribution in [-0.4, -0.2) is 39.8 Å². The van der Waals surface area contributed by atoms with E-state index in [1.54, 1.807) is 29.5 Å². The molecule has 0 spiro atoms. The first kappa shape index (κ1) is 21.3. The minimum Gasteiger partial charge on any atom is -0.493 e. The highest BCUT2D eigenvalue weighted by Crippen LogP contribution is 2.38. The van der Waals surface area contributed by atoms with Crippen molar-refractivity contribution in [3.8, 4) is 17.2 Å². The molecule has 150 valence electrons. The van der Waals surface area contributed by atoms with E-state index in [2.05, 4.69) is 5.32 Å². The van der Waals surface area contributed by atoms with Crippen LogP contribution in [0.5, 0.6) is 17.2 Å². The van der Waals surface area contributed by atoms with E-state index >= 15 is 0 Å². The van der Waals surface area contributed by atoms with Crippen LogP contribution >= 0.6 is 11.3 Å². The molecule has 2 aromatic rings. The fourth-order valence-corrected chi connectivity index (χ4v) is 3.17. The number of ether oxygens (including phenoxy) is 4. The Morgan fingerprint density at radius 2 is 1.82 bits per heavy atom. The van der Waals surface area contributed by atoms with E-state index in [-0.39, 0.29) is 18.6 Å². The van der Waals surface area contributed by atoms with Gasteiger partial charge in [-0.1, -0.05) is 6.07 Å². The van der Waals surface area contributed by atoms with E-state index in [1.807, 2.05) is 24.4 Å². The standard InChI is InChI=1S/C20H23NO6S/c1-13(17-6-5-9-28-17)21-18(22)12-27-19(23)8-7-14-10-15(24-2)20(26-4)16(11-14)25-3/h5-11,13H,12H2,1-4H3,(H,21,22)/b8-7+/t13-/m0/s1. The van der Waals surface area contributed by atoms with Crippen LogP contribution in [0.4, 0.5) is 0 Å². The molecule has 0 bridgehead atoms. The maximum atomic E-state index is 11.9. The van der Waals surface area contributed by atoms with Crippen LogP contribution in [0, 0.1) is 0 Å². The van der Waals surface area contributed by atoms with Gasteiger partial charge in [-0.05, 0) is 42.1 Å². The van der Waals surface area contributed by atoms with E-state index in [9.17, 15) is 9.59 Å². The quantitative estimate of drug-likeness (QED) is 0.510. The summed E-state index contributed by atoms with van der Waals surface area (Å²) in [6.45, 7) is 1.52. The Kier molecular flexibility index (Phi) is 7.88. The summed E-state index contributed by atoms with van der Waals surface area (Å²) in [5, 5.41) is 4.71. The number of carbonyl (C=O) groups excluding carboxylic acids is 2. The van der Waals surface area contributed by atoms with Gasteiger partial charge in [0, 0.05) is 11.0 Å². The molecular formula is C20H23NO6S. The second-order valence-electron chi connectivity index (χ2n) is 5.70. The first-order chi connectivity index (χ1) is 13.5. The number of carbonyl (C=O) groups is 2. The average Bonchev–Trinajstić information content (AvgIpc) is 3.24. The number of hydrogen-bond donors (Lipinski definition) is 1. The van der Waals surface area contributed by atoms with Crippen LogP contribution in [0.1, 0.15) is 23.4 Å². The molecular weight excluding hydrogens is 382 g/mol. The molecule has 0 aliphatic rings. The molecule has 7 nitrogen and oxygen atoms in total. The van der Waals surface area contributed by atoms with Crippen LogP contribution in [-0.2, 0) is 14.3 Å². The Morgan fingerprint density at radius 1 is 1.14 bits per heavy atom. The van der Waals surface area contributed by atoms with Gasteiger partial charge in [-0.25, -0.2) is 4.79 Å². The molecule has 0 saturated heterocycles. The lowest BCUT2D eigenvalue weighted by molar-refractivity contribution is -0.144. The number of benzene rings is 1. The largest absolute Gasteiger partial charge is 0.493 e. The highest BCUT2D eigenvalue weighted by Gasteiger charge is 2.13. The minimum atomic E-state index is -0.632. The van der Waals surface area contributed by atoms with Crippen molar-refractivity contribution in [1.29, 1.82) is 0 Å². The monoisotopic (exact) mass is 405 g/mol. The second kappa shape index (κ2) is 10.4. The molecule has 2 rings (SSSR count). The molecule has 0 fully saturated rings. The smallest absolute Gasteiger partial charge is 0.331 e. The zero-order valence-corrected chi connectivity index (χ0v) is 17.0. The zero-order valence-electron chi connectivity index (χ0n) is 16.2. The van der Waals surface area contributed by atoms with E-state index in [0.717, 1.165) is 4.88 Å². The lowest BCUT2D eigenvalue weighted by Crippen LogP contribution is -2.30. The molecule has 1 aromatic heterocycles. The summed E-state index contributed by atoms with van der Waals surface area (Å²) in [5.74, 6) is 0.401. The number of amides is 1. The third kappa shape index (κ3) is 5.75. The van der Waals surface area contributed by atoms with Crippen LogP contribution in [0.2, 0.25) is 0 Å². The van der Waals surface area contributed by atoms with Gasteiger partial charge in [0.05, 0.1) is 27.4 Å². The Labute approximate surface area is 167 Å². The highest BCUT2D eigenvalue weighted by molar-refractivity contribution is 7.10. The number of rotatable bonds is 9. The van der Waals surface area contributed by atoms with Crippen LogP contribution in [0.25, 0.3) is 6.08 Å². The first-order valence-electron chi connectivity index (χ1n) is 8.46. The summed E-state index contributed by atoms with van der Waals surface area (Å²) in [6.07, 6.45) is 2.77. The summed E-state index contributed by atoms with van der Waals surface area (Å²) in [6, 6.07) is 7.10. The predicted molar refractivity (Wildman–Crippen MR) is 107 cm³/mol. The minimum absolute atomic E-state index is 0.138. The van der Waals surface area contributed by atoms with Crippen molar-refractivity contribution in [2.24, 2.45) is 0 Å². The topological polar surface area (TPSA) is 83.1 Å². The third-order valence-corrected chi connectivity index (χ3v) is 4.85. The van der Waals surface area contributed by atoms with Gasteiger partial charge in [-0.3, -0.25) is 4.79 Å². The summed E-state index contributed by atoms with van der Waals surface area (Å²) >= 11 is 1.55. The molecule has 28 heavy (non-hydrogen) atoms. The molecule has 1 N–H and O–H groups in total. The summed E-state index contributed by atoms with van der Waals surface area (Å²) in [4.78, 5) is 24.8. The second-order valence-corrected chi connectivity index (χ2v) is 6.68. The lowest BCUT2D eigenvalue weighted by Gasteiger charge is -2.13. The van der Waals surface area contributed by atoms with E-state index < -0.39 is 5.97 Å². The van der Waals surface area contributed by atoms with Gasteiger partial charge in [0.25, 0.3) is 5.91 Å². The van der Waals surface area contributed by atoms with Crippen molar-refractivity contribution in [3.05, 3.63) is 46.2 Å². The van der Waals surface area contributed by atoms with Crippen molar-refractivity contribution in [1.82, 2.24) is 5.32 Å².